The van der Waals surface area contributed by atoms with Gasteiger partial charge in [0.1, 0.15) is 6.04 Å². The molecule has 1 aliphatic rings. The van der Waals surface area contributed by atoms with E-state index in [1.54, 1.807) is 12.4 Å². The molecule has 1 unspecified atom stereocenters. The van der Waals surface area contributed by atoms with Crippen molar-refractivity contribution < 1.29 is 4.74 Å². The SMILES string of the molecule is N#CC(c1ccncc1)N1CCOCC1. The summed E-state index contributed by atoms with van der Waals surface area (Å²) in [5, 5.41) is 9.18. The third-order valence-electron chi connectivity index (χ3n) is 2.55. The molecule has 78 valence electrons. The molecule has 1 aromatic heterocycles. The van der Waals surface area contributed by atoms with E-state index in [-0.39, 0.29) is 6.04 Å². The van der Waals surface area contributed by atoms with Crippen LogP contribution in [0.5, 0.6) is 0 Å². The zero-order valence-electron chi connectivity index (χ0n) is 8.47. The second kappa shape index (κ2) is 4.87. The molecule has 1 atom stereocenters. The third-order valence-corrected chi connectivity index (χ3v) is 2.55. The van der Waals surface area contributed by atoms with Crippen LogP contribution in [0.1, 0.15) is 11.6 Å². The van der Waals surface area contributed by atoms with E-state index in [0.29, 0.717) is 13.2 Å². The molecule has 1 fully saturated rings. The number of nitrogens with zero attached hydrogens (tertiary/aromatic N) is 3. The van der Waals surface area contributed by atoms with Gasteiger partial charge in [0.15, 0.2) is 0 Å². The summed E-state index contributed by atoms with van der Waals surface area (Å²) in [6.45, 7) is 3.06. The van der Waals surface area contributed by atoms with Crippen LogP contribution in [0.15, 0.2) is 24.5 Å². The van der Waals surface area contributed by atoms with Crippen molar-refractivity contribution in [1.29, 1.82) is 5.26 Å². The number of hydrogen-bond acceptors (Lipinski definition) is 4. The van der Waals surface area contributed by atoms with Gasteiger partial charge in [-0.25, -0.2) is 0 Å². The van der Waals surface area contributed by atoms with Crippen molar-refractivity contribution >= 4 is 0 Å². The lowest BCUT2D eigenvalue weighted by Crippen LogP contribution is -2.38. The van der Waals surface area contributed by atoms with Crippen molar-refractivity contribution in [2.75, 3.05) is 26.3 Å². The summed E-state index contributed by atoms with van der Waals surface area (Å²) in [5.74, 6) is 0. The van der Waals surface area contributed by atoms with Crippen molar-refractivity contribution in [3.63, 3.8) is 0 Å². The highest BCUT2D eigenvalue weighted by atomic mass is 16.5. The summed E-state index contributed by atoms with van der Waals surface area (Å²) in [5.41, 5.74) is 1.01. The lowest BCUT2D eigenvalue weighted by atomic mass is 10.1. The molecule has 0 spiro atoms. The van der Waals surface area contributed by atoms with Crippen LogP contribution >= 0.6 is 0 Å². The van der Waals surface area contributed by atoms with Gasteiger partial charge >= 0.3 is 0 Å². The average molecular weight is 203 g/mol. The zero-order valence-corrected chi connectivity index (χ0v) is 8.47. The Labute approximate surface area is 89.1 Å². The predicted molar refractivity (Wildman–Crippen MR) is 55.0 cm³/mol. The topological polar surface area (TPSA) is 49.2 Å². The molecule has 15 heavy (non-hydrogen) atoms. The van der Waals surface area contributed by atoms with Crippen molar-refractivity contribution in [3.8, 4) is 6.07 Å². The fourth-order valence-electron chi connectivity index (χ4n) is 1.75. The van der Waals surface area contributed by atoms with E-state index in [2.05, 4.69) is 16.0 Å². The Morgan fingerprint density at radius 2 is 2.00 bits per heavy atom. The fourth-order valence-corrected chi connectivity index (χ4v) is 1.75. The molecule has 0 aromatic carbocycles. The van der Waals surface area contributed by atoms with Crippen molar-refractivity contribution in [3.05, 3.63) is 30.1 Å². The van der Waals surface area contributed by atoms with Crippen LogP contribution in [-0.2, 0) is 4.74 Å². The smallest absolute Gasteiger partial charge is 0.124 e. The van der Waals surface area contributed by atoms with E-state index in [4.69, 9.17) is 4.74 Å². The number of morpholine rings is 1. The van der Waals surface area contributed by atoms with Crippen LogP contribution in [0.3, 0.4) is 0 Å². The van der Waals surface area contributed by atoms with E-state index < -0.39 is 0 Å². The molecule has 0 aliphatic carbocycles. The maximum absolute atomic E-state index is 9.18. The van der Waals surface area contributed by atoms with Gasteiger partial charge in [0.2, 0.25) is 0 Å². The van der Waals surface area contributed by atoms with Crippen LogP contribution in [0.2, 0.25) is 0 Å². The number of aromatic nitrogens is 1. The Hall–Kier alpha value is -1.44. The molecule has 1 aromatic rings. The molecule has 4 heteroatoms. The Morgan fingerprint density at radius 3 is 2.60 bits per heavy atom. The average Bonchev–Trinajstić information content (AvgIpc) is 2.33. The second-order valence-electron chi connectivity index (χ2n) is 3.46. The van der Waals surface area contributed by atoms with Gasteiger partial charge < -0.3 is 4.74 Å². The van der Waals surface area contributed by atoms with Gasteiger partial charge in [-0.05, 0) is 17.7 Å². The molecular weight excluding hydrogens is 190 g/mol. The molecule has 0 radical (unpaired) electrons. The van der Waals surface area contributed by atoms with Crippen LogP contribution in [0.25, 0.3) is 0 Å². The molecule has 0 N–H and O–H groups in total. The minimum absolute atomic E-state index is 0.170. The maximum Gasteiger partial charge on any atom is 0.124 e. The van der Waals surface area contributed by atoms with Crippen molar-refractivity contribution in [2.45, 2.75) is 6.04 Å². The Bertz CT molecular complexity index is 341. The van der Waals surface area contributed by atoms with Crippen LogP contribution in [-0.4, -0.2) is 36.2 Å². The van der Waals surface area contributed by atoms with Gasteiger partial charge in [0, 0.05) is 25.5 Å². The Morgan fingerprint density at radius 1 is 1.33 bits per heavy atom. The zero-order chi connectivity index (χ0) is 10.5. The van der Waals surface area contributed by atoms with E-state index >= 15 is 0 Å². The summed E-state index contributed by atoms with van der Waals surface area (Å²) < 4.78 is 5.27. The van der Waals surface area contributed by atoms with E-state index in [9.17, 15) is 5.26 Å². The Kier molecular flexibility index (Phi) is 3.28. The first-order valence-corrected chi connectivity index (χ1v) is 5.03. The van der Waals surface area contributed by atoms with Crippen LogP contribution in [0, 0.1) is 11.3 Å². The standard InChI is InChI=1S/C11H13N3O/c12-9-11(10-1-3-13-4-2-10)14-5-7-15-8-6-14/h1-4,11H,5-8H2. The van der Waals surface area contributed by atoms with Gasteiger partial charge in [-0.15, -0.1) is 0 Å². The lowest BCUT2D eigenvalue weighted by molar-refractivity contribution is 0.0266. The number of ether oxygens (including phenoxy) is 1. The van der Waals surface area contributed by atoms with Crippen molar-refractivity contribution in [1.82, 2.24) is 9.88 Å². The Balaban J connectivity index is 2.14. The molecule has 2 rings (SSSR count). The first-order valence-electron chi connectivity index (χ1n) is 5.03. The summed E-state index contributed by atoms with van der Waals surface area (Å²) in [6.07, 6.45) is 3.44. The van der Waals surface area contributed by atoms with Gasteiger partial charge in [-0.1, -0.05) is 0 Å². The number of nitriles is 1. The maximum atomic E-state index is 9.18. The van der Waals surface area contributed by atoms with Gasteiger partial charge in [0.05, 0.1) is 19.3 Å². The number of rotatable bonds is 2. The molecule has 0 saturated carbocycles. The predicted octanol–water partition coefficient (Wildman–Crippen LogP) is 0.978. The molecule has 0 bridgehead atoms. The molecule has 2 heterocycles. The summed E-state index contributed by atoms with van der Waals surface area (Å²) >= 11 is 0. The molecular formula is C11H13N3O. The normalized spacial score (nSPS) is 19.4. The molecule has 0 amide bonds. The minimum atomic E-state index is -0.170. The number of pyridine rings is 1. The van der Waals surface area contributed by atoms with Gasteiger partial charge in [-0.2, -0.15) is 5.26 Å². The first kappa shape index (κ1) is 10.1. The third kappa shape index (κ3) is 2.32. The minimum Gasteiger partial charge on any atom is -0.379 e. The highest BCUT2D eigenvalue weighted by Crippen LogP contribution is 2.19. The summed E-state index contributed by atoms with van der Waals surface area (Å²) in [7, 11) is 0. The highest BCUT2D eigenvalue weighted by Gasteiger charge is 2.21. The summed E-state index contributed by atoms with van der Waals surface area (Å²) in [6, 6.07) is 5.95. The summed E-state index contributed by atoms with van der Waals surface area (Å²) in [4.78, 5) is 6.09. The van der Waals surface area contributed by atoms with Crippen molar-refractivity contribution in [2.24, 2.45) is 0 Å². The fraction of sp³-hybridized carbons (Fsp3) is 0.455. The quantitative estimate of drug-likeness (QED) is 0.719. The molecule has 4 nitrogen and oxygen atoms in total. The second-order valence-corrected chi connectivity index (χ2v) is 3.46. The van der Waals surface area contributed by atoms with E-state index in [1.165, 1.54) is 0 Å². The molecule has 1 saturated heterocycles. The monoisotopic (exact) mass is 203 g/mol. The van der Waals surface area contributed by atoms with Gasteiger partial charge in [0.25, 0.3) is 0 Å². The van der Waals surface area contributed by atoms with E-state index in [0.717, 1.165) is 18.7 Å². The van der Waals surface area contributed by atoms with Gasteiger partial charge in [-0.3, -0.25) is 9.88 Å². The molecule has 1 aliphatic heterocycles. The number of hydrogen-bond donors (Lipinski definition) is 0. The van der Waals surface area contributed by atoms with E-state index in [1.807, 2.05) is 12.1 Å². The largest absolute Gasteiger partial charge is 0.379 e. The first-order chi connectivity index (χ1) is 7.42. The lowest BCUT2D eigenvalue weighted by Gasteiger charge is -2.30. The van der Waals surface area contributed by atoms with Crippen LogP contribution < -0.4 is 0 Å². The van der Waals surface area contributed by atoms with Crippen LogP contribution in [0.4, 0.5) is 0 Å². The highest BCUT2D eigenvalue weighted by molar-refractivity contribution is 5.21.